The molecule has 7 heteroatoms. The first kappa shape index (κ1) is 13.3. The number of rotatable bonds is 3. The number of benzene rings is 1. The van der Waals surface area contributed by atoms with Crippen LogP contribution >= 0.6 is 0 Å². The molecule has 1 aromatic carbocycles. The molecule has 3 aromatic rings. The third kappa shape index (κ3) is 2.50. The number of aryl methyl sites for hydroxylation is 1. The Morgan fingerprint density at radius 3 is 2.95 bits per heavy atom. The van der Waals surface area contributed by atoms with Gasteiger partial charge in [0.1, 0.15) is 17.7 Å². The molecule has 2 aromatic heterocycles. The van der Waals surface area contributed by atoms with E-state index >= 15 is 0 Å². The molecule has 108 valence electrons. The van der Waals surface area contributed by atoms with Gasteiger partial charge in [-0.05, 0) is 32.0 Å². The normalized spacial score (nSPS) is 12.5. The predicted molar refractivity (Wildman–Crippen MR) is 75.9 cm³/mol. The van der Waals surface area contributed by atoms with Gasteiger partial charge in [0.2, 0.25) is 0 Å². The molecule has 1 atom stereocenters. The lowest BCUT2D eigenvalue weighted by molar-refractivity contribution is 0.102. The van der Waals surface area contributed by atoms with Gasteiger partial charge in [-0.1, -0.05) is 0 Å². The number of hydrogen-bond acceptors (Lipinski definition) is 5. The van der Waals surface area contributed by atoms with Crippen LogP contribution in [0.2, 0.25) is 0 Å². The average molecular weight is 286 g/mol. The van der Waals surface area contributed by atoms with Crippen molar-refractivity contribution in [2.45, 2.75) is 20.0 Å². The summed E-state index contributed by atoms with van der Waals surface area (Å²) < 4.78 is 5.01. The van der Waals surface area contributed by atoms with Crippen molar-refractivity contribution in [2.75, 3.05) is 5.32 Å². The number of carbonyl (C=O) groups is 1. The van der Waals surface area contributed by atoms with Gasteiger partial charge in [-0.3, -0.25) is 4.79 Å². The molecule has 0 bridgehead atoms. The van der Waals surface area contributed by atoms with Crippen LogP contribution in [0.15, 0.2) is 29.0 Å². The zero-order chi connectivity index (χ0) is 15.0. The van der Waals surface area contributed by atoms with Crippen LogP contribution < -0.4 is 5.32 Å². The number of imidazole rings is 1. The number of nitrogens with one attached hydrogen (secondary N) is 2. The summed E-state index contributed by atoms with van der Waals surface area (Å²) in [6.45, 7) is 3.31. The lowest BCUT2D eigenvalue weighted by Crippen LogP contribution is -2.13. The van der Waals surface area contributed by atoms with E-state index in [1.54, 1.807) is 32.0 Å². The van der Waals surface area contributed by atoms with Gasteiger partial charge in [-0.15, -0.1) is 0 Å². The topological polar surface area (TPSA) is 104 Å². The molecule has 7 nitrogen and oxygen atoms in total. The molecule has 0 saturated heterocycles. The fraction of sp³-hybridized carbons (Fsp3) is 0.214. The number of nitrogens with zero attached hydrogens (tertiary/aromatic N) is 2. The largest absolute Gasteiger partial charge is 0.448 e. The molecule has 0 fully saturated rings. The quantitative estimate of drug-likeness (QED) is 0.684. The van der Waals surface area contributed by atoms with E-state index in [2.05, 4.69) is 20.3 Å². The summed E-state index contributed by atoms with van der Waals surface area (Å²) in [6.07, 6.45) is 0.560. The van der Waals surface area contributed by atoms with Crippen molar-refractivity contribution < 1.29 is 14.3 Å². The SMILES string of the molecule is Cc1ocnc1C(=O)Nc1ccc2nc(C(C)O)[nH]c2c1. The van der Waals surface area contributed by atoms with E-state index in [4.69, 9.17) is 4.42 Å². The minimum atomic E-state index is -0.673. The Morgan fingerprint density at radius 2 is 2.29 bits per heavy atom. The Morgan fingerprint density at radius 1 is 1.48 bits per heavy atom. The standard InChI is InChI=1S/C14H14N4O3/c1-7(19)13-17-10-4-3-9(5-11(10)18-13)16-14(20)12-8(2)21-6-15-12/h3-7,19H,1-2H3,(H,16,20)(H,17,18). The number of H-pyrrole nitrogens is 1. The molecule has 0 aliphatic heterocycles. The number of hydrogen-bond donors (Lipinski definition) is 3. The molecule has 2 heterocycles. The number of oxazole rings is 1. The van der Waals surface area contributed by atoms with E-state index in [-0.39, 0.29) is 11.6 Å². The maximum Gasteiger partial charge on any atom is 0.277 e. The molecule has 1 unspecified atom stereocenters. The summed E-state index contributed by atoms with van der Waals surface area (Å²) in [5.74, 6) is 0.614. The van der Waals surface area contributed by atoms with Crippen LogP contribution in [-0.2, 0) is 0 Å². The fourth-order valence-corrected chi connectivity index (χ4v) is 2.02. The smallest absolute Gasteiger partial charge is 0.277 e. The van der Waals surface area contributed by atoms with Gasteiger partial charge in [0.15, 0.2) is 12.1 Å². The van der Waals surface area contributed by atoms with Gasteiger partial charge >= 0.3 is 0 Å². The summed E-state index contributed by atoms with van der Waals surface area (Å²) in [5.41, 5.74) is 2.32. The number of amides is 1. The highest BCUT2D eigenvalue weighted by Gasteiger charge is 2.14. The molecule has 1 amide bonds. The molecule has 0 aliphatic rings. The molecular weight excluding hydrogens is 272 g/mol. The lowest BCUT2D eigenvalue weighted by atomic mass is 10.2. The van der Waals surface area contributed by atoms with Gasteiger partial charge in [-0.25, -0.2) is 9.97 Å². The van der Waals surface area contributed by atoms with E-state index < -0.39 is 6.10 Å². The van der Waals surface area contributed by atoms with Crippen LogP contribution in [0.5, 0.6) is 0 Å². The first-order valence-electron chi connectivity index (χ1n) is 6.44. The molecule has 0 saturated carbocycles. The summed E-state index contributed by atoms with van der Waals surface area (Å²) in [6, 6.07) is 5.26. The third-order valence-corrected chi connectivity index (χ3v) is 3.11. The van der Waals surface area contributed by atoms with Crippen molar-refractivity contribution in [3.63, 3.8) is 0 Å². The predicted octanol–water partition coefficient (Wildman–Crippen LogP) is 2.16. The van der Waals surface area contributed by atoms with Crippen LogP contribution in [0.4, 0.5) is 5.69 Å². The maximum atomic E-state index is 12.0. The van der Waals surface area contributed by atoms with Crippen molar-refractivity contribution in [1.29, 1.82) is 0 Å². The van der Waals surface area contributed by atoms with Crippen molar-refractivity contribution in [1.82, 2.24) is 15.0 Å². The average Bonchev–Trinajstić information content (AvgIpc) is 3.04. The third-order valence-electron chi connectivity index (χ3n) is 3.11. The highest BCUT2D eigenvalue weighted by atomic mass is 16.3. The molecule has 0 radical (unpaired) electrons. The number of aromatic nitrogens is 3. The van der Waals surface area contributed by atoms with Crippen LogP contribution in [-0.4, -0.2) is 26.0 Å². The number of anilines is 1. The van der Waals surface area contributed by atoms with E-state index in [1.807, 2.05) is 0 Å². The summed E-state index contributed by atoms with van der Waals surface area (Å²) >= 11 is 0. The van der Waals surface area contributed by atoms with Crippen LogP contribution in [0.3, 0.4) is 0 Å². The van der Waals surface area contributed by atoms with Crippen LogP contribution in [0.1, 0.15) is 35.1 Å². The highest BCUT2D eigenvalue weighted by Crippen LogP contribution is 2.20. The summed E-state index contributed by atoms with van der Waals surface area (Å²) in [7, 11) is 0. The Labute approximate surface area is 120 Å². The maximum absolute atomic E-state index is 12.0. The second-order valence-corrected chi connectivity index (χ2v) is 4.74. The van der Waals surface area contributed by atoms with E-state index in [0.717, 1.165) is 11.0 Å². The van der Waals surface area contributed by atoms with Gasteiger partial charge in [-0.2, -0.15) is 0 Å². The Bertz CT molecular complexity index is 804. The number of carbonyl (C=O) groups excluding carboxylic acids is 1. The molecule has 3 rings (SSSR count). The zero-order valence-corrected chi connectivity index (χ0v) is 11.5. The number of fused-ring (bicyclic) bond motifs is 1. The summed E-state index contributed by atoms with van der Waals surface area (Å²) in [5, 5.41) is 12.3. The second kappa shape index (κ2) is 5.02. The molecule has 21 heavy (non-hydrogen) atoms. The highest BCUT2D eigenvalue weighted by molar-refractivity contribution is 6.04. The molecular formula is C14H14N4O3. The Hall–Kier alpha value is -2.67. The first-order chi connectivity index (χ1) is 10.0. The monoisotopic (exact) mass is 286 g/mol. The summed E-state index contributed by atoms with van der Waals surface area (Å²) in [4.78, 5) is 23.2. The van der Waals surface area contributed by atoms with Crippen molar-refractivity contribution in [3.05, 3.63) is 41.9 Å². The number of aliphatic hydroxyl groups excluding tert-OH is 1. The number of aliphatic hydroxyl groups is 1. The van der Waals surface area contributed by atoms with Crippen molar-refractivity contribution in [2.24, 2.45) is 0 Å². The molecule has 0 spiro atoms. The fourth-order valence-electron chi connectivity index (χ4n) is 2.02. The zero-order valence-electron chi connectivity index (χ0n) is 11.5. The number of aromatic amines is 1. The minimum absolute atomic E-state index is 0.254. The molecule has 3 N–H and O–H groups in total. The Kier molecular flexibility index (Phi) is 3.19. The van der Waals surface area contributed by atoms with E-state index in [9.17, 15) is 9.90 Å². The first-order valence-corrected chi connectivity index (χ1v) is 6.44. The van der Waals surface area contributed by atoms with Crippen molar-refractivity contribution in [3.8, 4) is 0 Å². The van der Waals surface area contributed by atoms with Gasteiger partial charge in [0.05, 0.1) is 11.0 Å². The van der Waals surface area contributed by atoms with E-state index in [0.29, 0.717) is 17.3 Å². The second-order valence-electron chi connectivity index (χ2n) is 4.74. The lowest BCUT2D eigenvalue weighted by Gasteiger charge is -2.03. The van der Waals surface area contributed by atoms with Crippen LogP contribution in [0.25, 0.3) is 11.0 Å². The van der Waals surface area contributed by atoms with Gasteiger partial charge < -0.3 is 19.8 Å². The van der Waals surface area contributed by atoms with E-state index in [1.165, 1.54) is 6.39 Å². The van der Waals surface area contributed by atoms with Crippen molar-refractivity contribution >= 4 is 22.6 Å². The van der Waals surface area contributed by atoms with Crippen LogP contribution in [0, 0.1) is 6.92 Å². The minimum Gasteiger partial charge on any atom is -0.448 e. The van der Waals surface area contributed by atoms with Gasteiger partial charge in [0.25, 0.3) is 5.91 Å². The van der Waals surface area contributed by atoms with Gasteiger partial charge in [0, 0.05) is 5.69 Å². The molecule has 0 aliphatic carbocycles. The Balaban J connectivity index is 1.87.